The summed E-state index contributed by atoms with van der Waals surface area (Å²) in [7, 11) is 6.34. The van der Waals surface area contributed by atoms with Crippen LogP contribution in [0.5, 0.6) is 0 Å². The first-order valence-corrected chi connectivity index (χ1v) is 7.51. The topological polar surface area (TPSA) is 35.7 Å². The van der Waals surface area contributed by atoms with Gasteiger partial charge in [0.05, 0.1) is 0 Å². The van der Waals surface area contributed by atoms with Gasteiger partial charge in [0.15, 0.2) is 0 Å². The van der Waals surface area contributed by atoms with Crippen molar-refractivity contribution in [3.05, 3.63) is 29.8 Å². The van der Waals surface area contributed by atoms with E-state index < -0.39 is 0 Å². The maximum absolute atomic E-state index is 6.05. The number of hydrogen-bond donors (Lipinski definition) is 1. The lowest BCUT2D eigenvalue weighted by Crippen LogP contribution is -2.36. The standard InChI is InChI=1S/C16H28N4/c1-18(2)15-7-5-14(6-8-15)16(13-17)20-10-4-9-19(3)11-12-20/h5-8,16H,4,9-13,17H2,1-3H3. The number of benzene rings is 1. The molecular weight excluding hydrogens is 248 g/mol. The van der Waals surface area contributed by atoms with Crippen LogP contribution >= 0.6 is 0 Å². The van der Waals surface area contributed by atoms with E-state index in [-0.39, 0.29) is 0 Å². The minimum absolute atomic E-state index is 0.345. The lowest BCUT2D eigenvalue weighted by Gasteiger charge is -2.30. The van der Waals surface area contributed by atoms with E-state index in [1.807, 2.05) is 0 Å². The predicted octanol–water partition coefficient (Wildman–Crippen LogP) is 1.39. The summed E-state index contributed by atoms with van der Waals surface area (Å²) in [5.41, 5.74) is 8.63. The van der Waals surface area contributed by atoms with Crippen LogP contribution in [0.4, 0.5) is 5.69 Å². The third kappa shape index (κ3) is 3.72. The molecule has 1 heterocycles. The summed E-state index contributed by atoms with van der Waals surface area (Å²) in [6.07, 6.45) is 1.22. The lowest BCUT2D eigenvalue weighted by atomic mass is 10.0. The van der Waals surface area contributed by atoms with E-state index in [2.05, 4.69) is 60.1 Å². The van der Waals surface area contributed by atoms with Crippen molar-refractivity contribution in [2.45, 2.75) is 12.5 Å². The molecule has 0 aromatic heterocycles. The van der Waals surface area contributed by atoms with Gasteiger partial charge in [0.1, 0.15) is 0 Å². The quantitative estimate of drug-likeness (QED) is 0.901. The van der Waals surface area contributed by atoms with Gasteiger partial charge >= 0.3 is 0 Å². The minimum Gasteiger partial charge on any atom is -0.378 e. The van der Waals surface area contributed by atoms with Gasteiger partial charge in [0.25, 0.3) is 0 Å². The smallest absolute Gasteiger partial charge is 0.0471 e. The number of anilines is 1. The molecule has 4 heteroatoms. The molecule has 1 aromatic rings. The van der Waals surface area contributed by atoms with E-state index in [9.17, 15) is 0 Å². The molecule has 1 fully saturated rings. The molecule has 2 rings (SSSR count). The predicted molar refractivity (Wildman–Crippen MR) is 86.3 cm³/mol. The van der Waals surface area contributed by atoms with Crippen LogP contribution in [0.3, 0.4) is 0 Å². The summed E-state index contributed by atoms with van der Waals surface area (Å²) in [5.74, 6) is 0. The molecule has 2 N–H and O–H groups in total. The molecule has 1 aliphatic rings. The zero-order valence-corrected chi connectivity index (χ0v) is 13.0. The molecule has 0 bridgehead atoms. The first-order valence-electron chi connectivity index (χ1n) is 7.51. The highest BCUT2D eigenvalue weighted by Crippen LogP contribution is 2.23. The molecule has 112 valence electrons. The second-order valence-electron chi connectivity index (χ2n) is 5.93. The van der Waals surface area contributed by atoms with Crippen LogP contribution in [0.2, 0.25) is 0 Å². The maximum Gasteiger partial charge on any atom is 0.0471 e. The summed E-state index contributed by atoms with van der Waals surface area (Å²) in [6, 6.07) is 9.16. The van der Waals surface area contributed by atoms with Gasteiger partial charge in [-0.2, -0.15) is 0 Å². The van der Waals surface area contributed by atoms with Gasteiger partial charge in [0, 0.05) is 52.0 Å². The van der Waals surface area contributed by atoms with Gasteiger partial charge in [-0.15, -0.1) is 0 Å². The number of hydrogen-bond acceptors (Lipinski definition) is 4. The van der Waals surface area contributed by atoms with Crippen molar-refractivity contribution in [3.8, 4) is 0 Å². The summed E-state index contributed by atoms with van der Waals surface area (Å²) < 4.78 is 0. The van der Waals surface area contributed by atoms with Crippen molar-refractivity contribution in [1.82, 2.24) is 9.80 Å². The Morgan fingerprint density at radius 2 is 1.80 bits per heavy atom. The van der Waals surface area contributed by atoms with Gasteiger partial charge in [0.2, 0.25) is 0 Å². The minimum atomic E-state index is 0.345. The molecule has 1 saturated heterocycles. The molecule has 1 atom stereocenters. The van der Waals surface area contributed by atoms with Crippen LogP contribution in [0.15, 0.2) is 24.3 Å². The Balaban J connectivity index is 2.10. The normalized spacial score (nSPS) is 19.6. The van der Waals surface area contributed by atoms with E-state index >= 15 is 0 Å². The first-order chi connectivity index (χ1) is 9.61. The summed E-state index contributed by atoms with van der Waals surface area (Å²) in [6.45, 7) is 5.25. The second kappa shape index (κ2) is 7.07. The molecule has 1 unspecified atom stereocenters. The van der Waals surface area contributed by atoms with Gasteiger partial charge in [-0.1, -0.05) is 12.1 Å². The van der Waals surface area contributed by atoms with Crippen molar-refractivity contribution in [1.29, 1.82) is 0 Å². The highest BCUT2D eigenvalue weighted by molar-refractivity contribution is 5.46. The van der Waals surface area contributed by atoms with Crippen LogP contribution in [-0.2, 0) is 0 Å². The molecule has 0 radical (unpaired) electrons. The number of rotatable bonds is 4. The highest BCUT2D eigenvalue weighted by atomic mass is 15.2. The fraction of sp³-hybridized carbons (Fsp3) is 0.625. The maximum atomic E-state index is 6.05. The molecule has 1 aromatic carbocycles. The van der Waals surface area contributed by atoms with Crippen LogP contribution in [-0.4, -0.2) is 63.7 Å². The molecular formula is C16H28N4. The van der Waals surface area contributed by atoms with Crippen LogP contribution in [0.1, 0.15) is 18.0 Å². The van der Waals surface area contributed by atoms with Crippen molar-refractivity contribution in [2.75, 3.05) is 58.8 Å². The van der Waals surface area contributed by atoms with Gasteiger partial charge in [-0.3, -0.25) is 4.90 Å². The van der Waals surface area contributed by atoms with Crippen LogP contribution in [0.25, 0.3) is 0 Å². The Morgan fingerprint density at radius 3 is 2.40 bits per heavy atom. The Kier molecular flexibility index (Phi) is 5.40. The Labute approximate surface area is 123 Å². The molecule has 4 nitrogen and oxygen atoms in total. The third-order valence-corrected chi connectivity index (χ3v) is 4.21. The monoisotopic (exact) mass is 276 g/mol. The van der Waals surface area contributed by atoms with Crippen LogP contribution < -0.4 is 10.6 Å². The molecule has 20 heavy (non-hydrogen) atoms. The fourth-order valence-electron chi connectivity index (χ4n) is 2.87. The second-order valence-corrected chi connectivity index (χ2v) is 5.93. The van der Waals surface area contributed by atoms with Crippen molar-refractivity contribution < 1.29 is 0 Å². The molecule has 0 amide bonds. The van der Waals surface area contributed by atoms with E-state index in [0.29, 0.717) is 12.6 Å². The van der Waals surface area contributed by atoms with Crippen LogP contribution in [0, 0.1) is 0 Å². The Hall–Kier alpha value is -1.10. The lowest BCUT2D eigenvalue weighted by molar-refractivity contribution is 0.208. The Bertz CT molecular complexity index is 401. The zero-order chi connectivity index (χ0) is 14.5. The van der Waals surface area contributed by atoms with Gasteiger partial charge < -0.3 is 15.5 Å². The number of likely N-dealkylation sites (N-methyl/N-ethyl adjacent to an activating group) is 1. The Morgan fingerprint density at radius 1 is 1.10 bits per heavy atom. The first kappa shape index (κ1) is 15.3. The average molecular weight is 276 g/mol. The number of nitrogens with two attached hydrogens (primary N) is 1. The third-order valence-electron chi connectivity index (χ3n) is 4.21. The van der Waals surface area contributed by atoms with Gasteiger partial charge in [-0.25, -0.2) is 0 Å². The van der Waals surface area contributed by atoms with E-state index in [0.717, 1.165) is 19.6 Å². The van der Waals surface area contributed by atoms with E-state index in [4.69, 9.17) is 5.73 Å². The molecule has 0 saturated carbocycles. The fourth-order valence-corrected chi connectivity index (χ4v) is 2.87. The van der Waals surface area contributed by atoms with Gasteiger partial charge in [-0.05, 0) is 37.7 Å². The van der Waals surface area contributed by atoms with Crippen molar-refractivity contribution in [3.63, 3.8) is 0 Å². The summed E-state index contributed by atoms with van der Waals surface area (Å²) >= 11 is 0. The van der Waals surface area contributed by atoms with E-state index in [1.165, 1.54) is 24.2 Å². The van der Waals surface area contributed by atoms with Crippen molar-refractivity contribution >= 4 is 5.69 Å². The molecule has 0 aliphatic carbocycles. The molecule has 0 spiro atoms. The SMILES string of the molecule is CN1CCCN(C(CN)c2ccc(N(C)C)cc2)CC1. The average Bonchev–Trinajstić information content (AvgIpc) is 2.65. The number of nitrogens with zero attached hydrogens (tertiary/aromatic N) is 3. The summed E-state index contributed by atoms with van der Waals surface area (Å²) in [4.78, 5) is 7.07. The highest BCUT2D eigenvalue weighted by Gasteiger charge is 2.21. The van der Waals surface area contributed by atoms with E-state index in [1.54, 1.807) is 0 Å². The molecule has 1 aliphatic heterocycles. The largest absolute Gasteiger partial charge is 0.378 e. The summed E-state index contributed by atoms with van der Waals surface area (Å²) in [5, 5.41) is 0. The zero-order valence-electron chi connectivity index (χ0n) is 13.0. The van der Waals surface area contributed by atoms with Crippen molar-refractivity contribution in [2.24, 2.45) is 5.73 Å².